The van der Waals surface area contributed by atoms with E-state index in [2.05, 4.69) is 20.3 Å². The van der Waals surface area contributed by atoms with Gasteiger partial charge < -0.3 is 15.8 Å². The number of hydrogen-bond acceptors (Lipinski definition) is 6. The van der Waals surface area contributed by atoms with Crippen LogP contribution in [0.2, 0.25) is 0 Å². The number of nitrogens with zero attached hydrogens (tertiary/aromatic N) is 3. The van der Waals surface area contributed by atoms with Crippen LogP contribution >= 0.6 is 0 Å². The van der Waals surface area contributed by atoms with E-state index in [1.807, 2.05) is 0 Å². The SMILES string of the molecule is COC1(c2nc(N)nc(Nc3c(F)c(F)cc(F)c3F)n2)CCCC1. The number of hydrogen-bond donors (Lipinski definition) is 2. The predicted octanol–water partition coefficient (Wildman–Crippen LogP) is 3.17. The van der Waals surface area contributed by atoms with Crippen molar-refractivity contribution in [2.75, 3.05) is 18.2 Å². The minimum Gasteiger partial charge on any atom is -0.370 e. The molecule has 0 atom stereocenters. The van der Waals surface area contributed by atoms with E-state index in [9.17, 15) is 17.6 Å². The van der Waals surface area contributed by atoms with Crippen LogP contribution in [0.25, 0.3) is 0 Å². The summed E-state index contributed by atoms with van der Waals surface area (Å²) in [5.74, 6) is -6.65. The minimum atomic E-state index is -1.60. The molecule has 0 unspecified atom stereocenters. The topological polar surface area (TPSA) is 86.0 Å². The Morgan fingerprint density at radius 2 is 1.64 bits per heavy atom. The van der Waals surface area contributed by atoms with Gasteiger partial charge in [-0.05, 0) is 25.7 Å². The molecule has 25 heavy (non-hydrogen) atoms. The Morgan fingerprint density at radius 3 is 2.20 bits per heavy atom. The fourth-order valence-electron chi connectivity index (χ4n) is 2.91. The lowest BCUT2D eigenvalue weighted by Gasteiger charge is -2.25. The summed E-state index contributed by atoms with van der Waals surface area (Å²) in [6, 6.07) is 0.113. The van der Waals surface area contributed by atoms with E-state index in [0.29, 0.717) is 12.8 Å². The number of nitrogen functional groups attached to an aromatic ring is 1. The lowest BCUT2D eigenvalue weighted by Crippen LogP contribution is -2.28. The zero-order chi connectivity index (χ0) is 18.2. The van der Waals surface area contributed by atoms with Gasteiger partial charge in [-0.3, -0.25) is 0 Å². The van der Waals surface area contributed by atoms with E-state index in [-0.39, 0.29) is 23.8 Å². The highest BCUT2D eigenvalue weighted by Crippen LogP contribution is 2.40. The molecule has 134 valence electrons. The van der Waals surface area contributed by atoms with Crippen molar-refractivity contribution < 1.29 is 22.3 Å². The molecule has 3 rings (SSSR count). The highest BCUT2D eigenvalue weighted by molar-refractivity contribution is 5.56. The maximum Gasteiger partial charge on any atom is 0.232 e. The maximum absolute atomic E-state index is 13.8. The fraction of sp³-hybridized carbons (Fsp3) is 0.400. The van der Waals surface area contributed by atoms with Crippen molar-refractivity contribution in [3.63, 3.8) is 0 Å². The van der Waals surface area contributed by atoms with Gasteiger partial charge in [0.1, 0.15) is 11.3 Å². The van der Waals surface area contributed by atoms with Gasteiger partial charge in [-0.2, -0.15) is 15.0 Å². The first-order valence-electron chi connectivity index (χ1n) is 7.53. The summed E-state index contributed by atoms with van der Waals surface area (Å²) in [5.41, 5.74) is 3.81. The zero-order valence-electron chi connectivity index (χ0n) is 13.2. The smallest absolute Gasteiger partial charge is 0.232 e. The van der Waals surface area contributed by atoms with Gasteiger partial charge in [-0.15, -0.1) is 0 Å². The summed E-state index contributed by atoms with van der Waals surface area (Å²) in [7, 11) is 1.50. The number of halogens is 4. The molecule has 1 aromatic heterocycles. The second kappa shape index (κ2) is 6.43. The Kier molecular flexibility index (Phi) is 4.46. The largest absolute Gasteiger partial charge is 0.370 e. The molecule has 10 heteroatoms. The molecule has 1 saturated carbocycles. The van der Waals surface area contributed by atoms with Crippen molar-refractivity contribution >= 4 is 17.6 Å². The summed E-state index contributed by atoms with van der Waals surface area (Å²) >= 11 is 0. The molecule has 2 aromatic rings. The van der Waals surface area contributed by atoms with Crippen LogP contribution in [0, 0.1) is 23.3 Å². The summed E-state index contributed by atoms with van der Waals surface area (Å²) < 4.78 is 59.8. The molecule has 1 aromatic carbocycles. The standard InChI is InChI=1S/C15H15F4N5O/c1-25-15(4-2-3-5-15)12-22-13(20)24-14(23-12)21-11-9(18)7(16)6-8(17)10(11)19/h6H,2-5H2,1H3,(H3,20,21,22,23,24). The molecule has 1 fully saturated rings. The van der Waals surface area contributed by atoms with Crippen molar-refractivity contribution in [2.45, 2.75) is 31.3 Å². The van der Waals surface area contributed by atoms with E-state index < -0.39 is 34.6 Å². The first kappa shape index (κ1) is 17.3. The van der Waals surface area contributed by atoms with Gasteiger partial charge in [0.15, 0.2) is 29.1 Å². The van der Waals surface area contributed by atoms with Crippen molar-refractivity contribution in [3.8, 4) is 0 Å². The van der Waals surface area contributed by atoms with Crippen LogP contribution in [-0.2, 0) is 10.3 Å². The summed E-state index contributed by atoms with van der Waals surface area (Å²) in [4.78, 5) is 11.8. The zero-order valence-corrected chi connectivity index (χ0v) is 13.2. The molecule has 0 saturated heterocycles. The Morgan fingerprint density at radius 1 is 1.04 bits per heavy atom. The number of ether oxygens (including phenoxy) is 1. The average Bonchev–Trinajstić information content (AvgIpc) is 3.07. The quantitative estimate of drug-likeness (QED) is 0.646. The molecule has 1 heterocycles. The highest BCUT2D eigenvalue weighted by Gasteiger charge is 2.39. The number of methoxy groups -OCH3 is 1. The number of nitrogens with one attached hydrogen (secondary N) is 1. The van der Waals surface area contributed by atoms with Crippen molar-refractivity contribution in [1.29, 1.82) is 0 Å². The maximum atomic E-state index is 13.8. The highest BCUT2D eigenvalue weighted by atomic mass is 19.2. The predicted molar refractivity (Wildman–Crippen MR) is 81.0 cm³/mol. The molecule has 0 spiro atoms. The van der Waals surface area contributed by atoms with Gasteiger partial charge in [0, 0.05) is 13.2 Å². The van der Waals surface area contributed by atoms with E-state index in [0.717, 1.165) is 12.8 Å². The van der Waals surface area contributed by atoms with Crippen molar-refractivity contribution in [3.05, 3.63) is 35.2 Å². The molecule has 6 nitrogen and oxygen atoms in total. The Bertz CT molecular complexity index is 785. The Balaban J connectivity index is 2.03. The third kappa shape index (κ3) is 3.09. The first-order valence-corrected chi connectivity index (χ1v) is 7.53. The molecule has 0 aliphatic heterocycles. The molecule has 1 aliphatic rings. The Hall–Kier alpha value is -2.49. The van der Waals surface area contributed by atoms with Crippen LogP contribution < -0.4 is 11.1 Å². The molecule has 3 N–H and O–H groups in total. The fourth-order valence-corrected chi connectivity index (χ4v) is 2.91. The lowest BCUT2D eigenvalue weighted by atomic mass is 10.0. The molecular weight excluding hydrogens is 342 g/mol. The molecular formula is C15H15F4N5O. The van der Waals surface area contributed by atoms with Gasteiger partial charge in [0.05, 0.1) is 0 Å². The number of anilines is 3. The third-order valence-electron chi connectivity index (χ3n) is 4.21. The summed E-state index contributed by atoms with van der Waals surface area (Å²) in [6.07, 6.45) is 3.06. The van der Waals surface area contributed by atoms with E-state index in [1.165, 1.54) is 7.11 Å². The van der Waals surface area contributed by atoms with Crippen molar-refractivity contribution in [1.82, 2.24) is 15.0 Å². The first-order chi connectivity index (χ1) is 11.9. The molecule has 0 bridgehead atoms. The van der Waals surface area contributed by atoms with Gasteiger partial charge in [0.2, 0.25) is 11.9 Å². The van der Waals surface area contributed by atoms with Crippen LogP contribution in [0.5, 0.6) is 0 Å². The number of nitrogens with two attached hydrogens (primary N) is 1. The second-order valence-electron chi connectivity index (χ2n) is 5.71. The third-order valence-corrected chi connectivity index (χ3v) is 4.21. The van der Waals surface area contributed by atoms with Crippen LogP contribution in [0.3, 0.4) is 0 Å². The van der Waals surface area contributed by atoms with Crippen molar-refractivity contribution in [2.24, 2.45) is 0 Å². The van der Waals surface area contributed by atoms with Gasteiger partial charge in [-0.1, -0.05) is 0 Å². The van der Waals surface area contributed by atoms with Gasteiger partial charge >= 0.3 is 0 Å². The summed E-state index contributed by atoms with van der Waals surface area (Å²) in [5, 5.41) is 2.14. The average molecular weight is 357 g/mol. The monoisotopic (exact) mass is 357 g/mol. The molecule has 0 amide bonds. The minimum absolute atomic E-state index is 0.113. The van der Waals surface area contributed by atoms with Crippen LogP contribution in [0.4, 0.5) is 35.1 Å². The van der Waals surface area contributed by atoms with E-state index in [1.54, 1.807) is 0 Å². The van der Waals surface area contributed by atoms with Crippen LogP contribution in [0.1, 0.15) is 31.5 Å². The summed E-state index contributed by atoms with van der Waals surface area (Å²) in [6.45, 7) is 0. The lowest BCUT2D eigenvalue weighted by molar-refractivity contribution is -0.0162. The van der Waals surface area contributed by atoms with Crippen LogP contribution in [0.15, 0.2) is 6.07 Å². The van der Waals surface area contributed by atoms with E-state index >= 15 is 0 Å². The number of benzene rings is 1. The Labute approximate surface area is 140 Å². The van der Waals surface area contributed by atoms with Gasteiger partial charge in [0.25, 0.3) is 0 Å². The normalized spacial score (nSPS) is 16.2. The van der Waals surface area contributed by atoms with Crippen LogP contribution in [-0.4, -0.2) is 22.1 Å². The molecule has 1 aliphatic carbocycles. The second-order valence-corrected chi connectivity index (χ2v) is 5.71. The number of rotatable bonds is 4. The number of aromatic nitrogens is 3. The van der Waals surface area contributed by atoms with Gasteiger partial charge in [-0.25, -0.2) is 17.6 Å². The molecule has 0 radical (unpaired) electrons. The van der Waals surface area contributed by atoms with E-state index in [4.69, 9.17) is 10.5 Å².